The third-order valence-corrected chi connectivity index (χ3v) is 5.42. The summed E-state index contributed by atoms with van der Waals surface area (Å²) in [5.74, 6) is 0.878. The van der Waals surface area contributed by atoms with E-state index in [1.165, 1.54) is 25.7 Å². The molecule has 0 aromatic carbocycles. The second-order valence-corrected chi connectivity index (χ2v) is 6.94. The van der Waals surface area contributed by atoms with E-state index in [2.05, 4.69) is 32.0 Å². The second kappa shape index (κ2) is 7.38. The molecule has 1 aliphatic heterocycles. The van der Waals surface area contributed by atoms with Gasteiger partial charge in [0.1, 0.15) is 0 Å². The minimum absolute atomic E-state index is 0.0272. The molecule has 2 fully saturated rings. The van der Waals surface area contributed by atoms with Gasteiger partial charge >= 0.3 is 0 Å². The van der Waals surface area contributed by atoms with E-state index >= 15 is 0 Å². The summed E-state index contributed by atoms with van der Waals surface area (Å²) < 4.78 is 2.08. The van der Waals surface area contributed by atoms with Gasteiger partial charge in [-0.3, -0.25) is 9.69 Å². The van der Waals surface area contributed by atoms with Gasteiger partial charge in [-0.1, -0.05) is 26.2 Å². The normalized spacial score (nSPS) is 22.5. The largest absolute Gasteiger partial charge is 0.369 e. The number of primary amides is 1. The fourth-order valence-electron chi connectivity index (χ4n) is 4.07. The highest BCUT2D eigenvalue weighted by atomic mass is 16.1. The first-order valence-electron chi connectivity index (χ1n) is 9.01. The number of nitrogens with zero attached hydrogens (tertiary/aromatic N) is 5. The van der Waals surface area contributed by atoms with Crippen molar-refractivity contribution in [2.24, 2.45) is 11.7 Å². The lowest BCUT2D eigenvalue weighted by molar-refractivity contribution is -0.123. The van der Waals surface area contributed by atoms with E-state index in [4.69, 9.17) is 5.73 Å². The maximum absolute atomic E-state index is 11.4. The van der Waals surface area contributed by atoms with E-state index in [9.17, 15) is 4.79 Å². The summed E-state index contributed by atoms with van der Waals surface area (Å²) >= 11 is 0. The van der Waals surface area contributed by atoms with Crippen molar-refractivity contribution in [2.75, 3.05) is 13.1 Å². The second-order valence-electron chi connectivity index (χ2n) is 6.94. The van der Waals surface area contributed by atoms with Crippen LogP contribution < -0.4 is 5.73 Å². The molecule has 3 rings (SSSR count). The van der Waals surface area contributed by atoms with Crippen LogP contribution in [0.25, 0.3) is 0 Å². The fourth-order valence-corrected chi connectivity index (χ4v) is 4.07. The van der Waals surface area contributed by atoms with Crippen LogP contribution in [0.1, 0.15) is 76.2 Å². The number of tetrazole rings is 1. The zero-order valence-electron chi connectivity index (χ0n) is 14.0. The SMILES string of the molecule is CCC[C@H](c1nnnn1C1CCCC1)N1CCC(C(N)=O)CC1. The number of piperidine rings is 1. The highest BCUT2D eigenvalue weighted by molar-refractivity contribution is 5.76. The third kappa shape index (κ3) is 3.54. The van der Waals surface area contributed by atoms with Crippen molar-refractivity contribution in [2.45, 2.75) is 70.4 Å². The van der Waals surface area contributed by atoms with Crippen LogP contribution in [-0.4, -0.2) is 44.1 Å². The van der Waals surface area contributed by atoms with Crippen molar-refractivity contribution in [3.63, 3.8) is 0 Å². The Morgan fingerprint density at radius 1 is 1.26 bits per heavy atom. The van der Waals surface area contributed by atoms with Gasteiger partial charge in [-0.2, -0.15) is 0 Å². The molecule has 1 saturated carbocycles. The monoisotopic (exact) mass is 320 g/mol. The lowest BCUT2D eigenvalue weighted by Crippen LogP contribution is -2.41. The van der Waals surface area contributed by atoms with Crippen molar-refractivity contribution in [3.05, 3.63) is 5.82 Å². The van der Waals surface area contributed by atoms with Gasteiger partial charge in [0.15, 0.2) is 5.82 Å². The van der Waals surface area contributed by atoms with Gasteiger partial charge in [-0.15, -0.1) is 5.10 Å². The van der Waals surface area contributed by atoms with Crippen LogP contribution in [0.5, 0.6) is 0 Å². The van der Waals surface area contributed by atoms with Gasteiger partial charge in [0.2, 0.25) is 5.91 Å². The molecule has 0 spiro atoms. The number of rotatable bonds is 6. The minimum atomic E-state index is -0.160. The number of carbonyl (C=O) groups is 1. The highest BCUT2D eigenvalue weighted by Crippen LogP contribution is 2.34. The lowest BCUT2D eigenvalue weighted by atomic mass is 9.94. The Kier molecular flexibility index (Phi) is 5.25. The summed E-state index contributed by atoms with van der Waals surface area (Å²) in [5, 5.41) is 12.6. The standard InChI is InChI=1S/C16H28N6O/c1-2-5-14(21-10-8-12(9-11-21)15(17)23)16-18-19-20-22(16)13-6-3-4-7-13/h12-14H,2-11H2,1H3,(H2,17,23)/t14-/m1/s1. The molecule has 128 valence electrons. The van der Waals surface area contributed by atoms with Gasteiger partial charge in [0.05, 0.1) is 12.1 Å². The summed E-state index contributed by atoms with van der Waals surface area (Å²) in [4.78, 5) is 13.8. The first kappa shape index (κ1) is 16.4. The Balaban J connectivity index is 1.74. The number of carbonyl (C=O) groups excluding carboxylic acids is 1. The molecule has 1 aromatic heterocycles. The van der Waals surface area contributed by atoms with Gasteiger partial charge in [0.25, 0.3) is 0 Å². The topological polar surface area (TPSA) is 89.9 Å². The number of hydrogen-bond donors (Lipinski definition) is 1. The smallest absolute Gasteiger partial charge is 0.220 e. The van der Waals surface area contributed by atoms with Crippen LogP contribution in [-0.2, 0) is 4.79 Å². The van der Waals surface area contributed by atoms with Crippen LogP contribution in [0.3, 0.4) is 0 Å². The number of aromatic nitrogens is 4. The molecule has 0 radical (unpaired) electrons. The molecule has 1 atom stereocenters. The Morgan fingerprint density at radius 3 is 2.57 bits per heavy atom. The van der Waals surface area contributed by atoms with E-state index < -0.39 is 0 Å². The van der Waals surface area contributed by atoms with Crippen molar-refractivity contribution in [1.29, 1.82) is 0 Å². The highest BCUT2D eigenvalue weighted by Gasteiger charge is 2.32. The molecular formula is C16H28N6O. The Morgan fingerprint density at radius 2 is 1.96 bits per heavy atom. The summed E-state index contributed by atoms with van der Waals surface area (Å²) in [7, 11) is 0. The molecule has 7 nitrogen and oxygen atoms in total. The van der Waals surface area contributed by atoms with E-state index in [1.54, 1.807) is 0 Å². The zero-order valence-corrected chi connectivity index (χ0v) is 14.0. The van der Waals surface area contributed by atoms with Crippen molar-refractivity contribution in [1.82, 2.24) is 25.1 Å². The maximum Gasteiger partial charge on any atom is 0.220 e. The third-order valence-electron chi connectivity index (χ3n) is 5.42. The van der Waals surface area contributed by atoms with E-state index in [-0.39, 0.29) is 17.9 Å². The van der Waals surface area contributed by atoms with Crippen molar-refractivity contribution >= 4 is 5.91 Å². The van der Waals surface area contributed by atoms with Gasteiger partial charge in [0, 0.05) is 5.92 Å². The maximum atomic E-state index is 11.4. The molecule has 23 heavy (non-hydrogen) atoms. The quantitative estimate of drug-likeness (QED) is 0.863. The Labute approximate surface area is 137 Å². The van der Waals surface area contributed by atoms with Crippen LogP contribution >= 0.6 is 0 Å². The molecule has 1 amide bonds. The predicted octanol–water partition coefficient (Wildman–Crippen LogP) is 1.83. The first-order valence-corrected chi connectivity index (χ1v) is 9.01. The average molecular weight is 320 g/mol. The average Bonchev–Trinajstić information content (AvgIpc) is 3.23. The summed E-state index contributed by atoms with van der Waals surface area (Å²) in [6.45, 7) is 4.00. The minimum Gasteiger partial charge on any atom is -0.369 e. The molecule has 0 bridgehead atoms. The van der Waals surface area contributed by atoms with Crippen LogP contribution in [0, 0.1) is 5.92 Å². The van der Waals surface area contributed by atoms with Crippen LogP contribution in [0.2, 0.25) is 0 Å². The Hall–Kier alpha value is -1.50. The number of hydrogen-bond acceptors (Lipinski definition) is 5. The van der Waals surface area contributed by atoms with Gasteiger partial charge in [-0.25, -0.2) is 4.68 Å². The fraction of sp³-hybridized carbons (Fsp3) is 0.875. The summed E-state index contributed by atoms with van der Waals surface area (Å²) in [5.41, 5.74) is 5.45. The molecular weight excluding hydrogens is 292 g/mol. The van der Waals surface area contributed by atoms with E-state index in [0.717, 1.165) is 44.6 Å². The lowest BCUT2D eigenvalue weighted by Gasteiger charge is -2.36. The van der Waals surface area contributed by atoms with Gasteiger partial charge in [-0.05, 0) is 55.6 Å². The molecule has 2 N–H and O–H groups in total. The molecule has 0 unspecified atom stereocenters. The van der Waals surface area contributed by atoms with E-state index in [1.807, 2.05) is 0 Å². The van der Waals surface area contributed by atoms with E-state index in [0.29, 0.717) is 6.04 Å². The Bertz CT molecular complexity index is 516. The molecule has 1 saturated heterocycles. The zero-order chi connectivity index (χ0) is 16.2. The molecule has 1 aliphatic carbocycles. The number of amides is 1. The van der Waals surface area contributed by atoms with Gasteiger partial charge < -0.3 is 5.73 Å². The molecule has 2 aliphatic rings. The molecule has 1 aromatic rings. The van der Waals surface area contributed by atoms with Crippen molar-refractivity contribution in [3.8, 4) is 0 Å². The number of nitrogens with two attached hydrogens (primary N) is 1. The molecule has 7 heteroatoms. The molecule has 2 heterocycles. The first-order chi connectivity index (χ1) is 11.2. The van der Waals surface area contributed by atoms with Crippen LogP contribution in [0.15, 0.2) is 0 Å². The summed E-state index contributed by atoms with van der Waals surface area (Å²) in [6.07, 6.45) is 8.74. The summed E-state index contributed by atoms with van der Waals surface area (Å²) in [6, 6.07) is 0.715. The van der Waals surface area contributed by atoms with Crippen LogP contribution in [0.4, 0.5) is 0 Å². The van der Waals surface area contributed by atoms with Crippen molar-refractivity contribution < 1.29 is 4.79 Å². The number of likely N-dealkylation sites (tertiary alicyclic amines) is 1. The predicted molar refractivity (Wildman–Crippen MR) is 86.5 cm³/mol.